The van der Waals surface area contributed by atoms with Crippen LogP contribution in [0.4, 0.5) is 5.69 Å². The molecule has 0 spiro atoms. The van der Waals surface area contributed by atoms with Gasteiger partial charge in [0.15, 0.2) is 0 Å². The van der Waals surface area contributed by atoms with Crippen LogP contribution >= 0.6 is 0 Å². The molecule has 0 bridgehead atoms. The van der Waals surface area contributed by atoms with Crippen molar-refractivity contribution >= 4 is 17.9 Å². The maximum Gasteiger partial charge on any atom is 0.340 e. The molecule has 0 radical (unpaired) electrons. The molecular weight excluding hydrogens is 314 g/mol. The SMILES string of the molecule is COC(=O)c1ccccc1N=CC1=CCC(CCCC(C)(C)O)CC1. The lowest BCUT2D eigenvalue weighted by Crippen LogP contribution is -2.18. The summed E-state index contributed by atoms with van der Waals surface area (Å²) in [6.07, 6.45) is 10.4. The Morgan fingerprint density at radius 2 is 2.16 bits per heavy atom. The van der Waals surface area contributed by atoms with E-state index in [2.05, 4.69) is 11.1 Å². The Bertz CT molecular complexity index is 641. The molecule has 0 amide bonds. The van der Waals surface area contributed by atoms with Gasteiger partial charge in [-0.2, -0.15) is 0 Å². The van der Waals surface area contributed by atoms with Crippen molar-refractivity contribution in [1.82, 2.24) is 0 Å². The molecule has 0 saturated carbocycles. The molecule has 1 N–H and O–H groups in total. The fourth-order valence-corrected chi connectivity index (χ4v) is 3.13. The number of carbonyl (C=O) groups excluding carboxylic acids is 1. The number of hydrogen-bond donors (Lipinski definition) is 1. The van der Waals surface area contributed by atoms with Gasteiger partial charge in [-0.3, -0.25) is 4.99 Å². The number of hydrogen-bond acceptors (Lipinski definition) is 4. The summed E-state index contributed by atoms with van der Waals surface area (Å²) in [6, 6.07) is 7.23. The van der Waals surface area contributed by atoms with Gasteiger partial charge in [-0.1, -0.05) is 31.1 Å². The number of benzene rings is 1. The summed E-state index contributed by atoms with van der Waals surface area (Å²) in [5, 5.41) is 9.78. The highest BCUT2D eigenvalue weighted by Gasteiger charge is 2.17. The number of esters is 1. The van der Waals surface area contributed by atoms with E-state index in [1.54, 1.807) is 6.07 Å². The van der Waals surface area contributed by atoms with Gasteiger partial charge in [-0.25, -0.2) is 4.79 Å². The molecule has 0 aromatic heterocycles. The zero-order valence-electron chi connectivity index (χ0n) is 15.5. The van der Waals surface area contributed by atoms with Crippen LogP contribution in [-0.4, -0.2) is 30.0 Å². The normalized spacial score (nSPS) is 18.2. The number of para-hydroxylation sites is 1. The van der Waals surface area contributed by atoms with Gasteiger partial charge in [0.05, 0.1) is 24.0 Å². The molecule has 0 aliphatic heterocycles. The highest BCUT2D eigenvalue weighted by atomic mass is 16.5. The van der Waals surface area contributed by atoms with Crippen LogP contribution in [0.15, 0.2) is 40.9 Å². The molecule has 1 unspecified atom stereocenters. The number of methoxy groups -OCH3 is 1. The monoisotopic (exact) mass is 343 g/mol. The van der Waals surface area contributed by atoms with Gasteiger partial charge >= 0.3 is 5.97 Å². The lowest BCUT2D eigenvalue weighted by molar-refractivity contribution is 0.0601. The lowest BCUT2D eigenvalue weighted by atomic mass is 9.85. The number of carbonyl (C=O) groups is 1. The summed E-state index contributed by atoms with van der Waals surface area (Å²) >= 11 is 0. The highest BCUT2D eigenvalue weighted by Crippen LogP contribution is 2.28. The van der Waals surface area contributed by atoms with Crippen molar-refractivity contribution in [2.75, 3.05) is 7.11 Å². The van der Waals surface area contributed by atoms with E-state index in [1.165, 1.54) is 12.7 Å². The summed E-state index contributed by atoms with van der Waals surface area (Å²) in [5.74, 6) is 0.333. The Morgan fingerprint density at radius 1 is 1.40 bits per heavy atom. The molecule has 25 heavy (non-hydrogen) atoms. The van der Waals surface area contributed by atoms with Gasteiger partial charge in [0.25, 0.3) is 0 Å². The van der Waals surface area contributed by atoms with Crippen molar-refractivity contribution in [2.45, 2.75) is 58.0 Å². The van der Waals surface area contributed by atoms with Crippen molar-refractivity contribution in [3.63, 3.8) is 0 Å². The maximum atomic E-state index is 11.8. The number of aliphatic imine (C=N–C) groups is 1. The molecule has 0 saturated heterocycles. The number of aliphatic hydroxyl groups is 1. The molecular formula is C21H29NO3. The standard InChI is InChI=1S/C21H29NO3/c1-21(2,24)14-6-7-16-10-12-17(13-11-16)15-22-19-9-5-4-8-18(19)20(23)25-3/h4-5,8-9,12,15-16,24H,6-7,10-11,13-14H2,1-3H3. The van der Waals surface area contributed by atoms with Gasteiger partial charge in [-0.05, 0) is 63.2 Å². The minimum absolute atomic E-state index is 0.364. The fourth-order valence-electron chi connectivity index (χ4n) is 3.13. The second kappa shape index (κ2) is 8.95. The van der Waals surface area contributed by atoms with E-state index in [4.69, 9.17) is 4.74 Å². The fraction of sp³-hybridized carbons (Fsp3) is 0.524. The summed E-state index contributed by atoms with van der Waals surface area (Å²) in [4.78, 5) is 16.3. The van der Waals surface area contributed by atoms with Crippen LogP contribution in [0.5, 0.6) is 0 Å². The van der Waals surface area contributed by atoms with Gasteiger partial charge in [0.2, 0.25) is 0 Å². The zero-order chi connectivity index (χ0) is 18.3. The molecule has 0 fully saturated rings. The third-order valence-electron chi connectivity index (χ3n) is 4.63. The Hall–Kier alpha value is -1.94. The Kier molecular flexibility index (Phi) is 6.94. The molecule has 1 aliphatic rings. The van der Waals surface area contributed by atoms with Crippen LogP contribution in [0.2, 0.25) is 0 Å². The van der Waals surface area contributed by atoms with Crippen LogP contribution in [-0.2, 0) is 4.74 Å². The van der Waals surface area contributed by atoms with Gasteiger partial charge < -0.3 is 9.84 Å². The van der Waals surface area contributed by atoms with E-state index >= 15 is 0 Å². The van der Waals surface area contributed by atoms with Crippen molar-refractivity contribution in [1.29, 1.82) is 0 Å². The zero-order valence-corrected chi connectivity index (χ0v) is 15.5. The van der Waals surface area contributed by atoms with Gasteiger partial charge in [0, 0.05) is 6.21 Å². The van der Waals surface area contributed by atoms with E-state index in [-0.39, 0.29) is 5.97 Å². The lowest BCUT2D eigenvalue weighted by Gasteiger charge is -2.22. The molecule has 1 aromatic rings. The minimum Gasteiger partial charge on any atom is -0.465 e. The van der Waals surface area contributed by atoms with Crippen molar-refractivity contribution in [3.05, 3.63) is 41.5 Å². The quantitative estimate of drug-likeness (QED) is 0.569. The number of nitrogens with zero attached hydrogens (tertiary/aromatic N) is 1. The Labute approximate surface area is 150 Å². The second-order valence-corrected chi connectivity index (χ2v) is 7.39. The minimum atomic E-state index is -0.560. The predicted octanol–water partition coefficient (Wildman–Crippen LogP) is 4.84. The molecule has 4 heteroatoms. The Balaban J connectivity index is 1.90. The van der Waals surface area contributed by atoms with Crippen molar-refractivity contribution in [2.24, 2.45) is 10.9 Å². The largest absolute Gasteiger partial charge is 0.465 e. The summed E-state index contributed by atoms with van der Waals surface area (Å²) in [5.41, 5.74) is 1.79. The molecule has 136 valence electrons. The Morgan fingerprint density at radius 3 is 2.80 bits per heavy atom. The molecule has 2 rings (SSSR count). The summed E-state index contributed by atoms with van der Waals surface area (Å²) in [6.45, 7) is 3.74. The topological polar surface area (TPSA) is 58.9 Å². The van der Waals surface area contributed by atoms with E-state index in [1.807, 2.05) is 38.3 Å². The van der Waals surface area contributed by atoms with Crippen LogP contribution < -0.4 is 0 Å². The smallest absolute Gasteiger partial charge is 0.340 e. The second-order valence-electron chi connectivity index (χ2n) is 7.39. The van der Waals surface area contributed by atoms with Crippen molar-refractivity contribution in [3.8, 4) is 0 Å². The van der Waals surface area contributed by atoms with E-state index in [0.29, 0.717) is 17.2 Å². The van der Waals surface area contributed by atoms with Crippen molar-refractivity contribution < 1.29 is 14.6 Å². The third-order valence-corrected chi connectivity index (χ3v) is 4.63. The number of rotatable bonds is 7. The van der Waals surface area contributed by atoms with E-state index in [9.17, 15) is 9.90 Å². The number of allylic oxidation sites excluding steroid dienone is 2. The number of ether oxygens (including phenoxy) is 1. The molecule has 0 heterocycles. The predicted molar refractivity (Wildman–Crippen MR) is 102 cm³/mol. The first-order valence-electron chi connectivity index (χ1n) is 9.02. The maximum absolute atomic E-state index is 11.8. The molecule has 1 aliphatic carbocycles. The third kappa shape index (κ3) is 6.46. The summed E-state index contributed by atoms with van der Waals surface area (Å²) < 4.78 is 4.80. The molecule has 1 atom stereocenters. The van der Waals surface area contributed by atoms with Gasteiger partial charge in [-0.15, -0.1) is 0 Å². The van der Waals surface area contributed by atoms with E-state index in [0.717, 1.165) is 38.5 Å². The van der Waals surface area contributed by atoms with Crippen LogP contribution in [0.1, 0.15) is 62.7 Å². The van der Waals surface area contributed by atoms with Crippen LogP contribution in [0.25, 0.3) is 0 Å². The van der Waals surface area contributed by atoms with E-state index < -0.39 is 5.60 Å². The highest BCUT2D eigenvalue weighted by molar-refractivity contribution is 5.96. The first-order valence-corrected chi connectivity index (χ1v) is 9.02. The average molecular weight is 343 g/mol. The first kappa shape index (κ1) is 19.4. The summed E-state index contributed by atoms with van der Waals surface area (Å²) in [7, 11) is 1.38. The molecule has 1 aromatic carbocycles. The first-order chi connectivity index (χ1) is 11.9. The van der Waals surface area contributed by atoms with Crippen LogP contribution in [0.3, 0.4) is 0 Å². The molecule has 4 nitrogen and oxygen atoms in total. The van der Waals surface area contributed by atoms with Crippen LogP contribution in [0, 0.1) is 5.92 Å². The van der Waals surface area contributed by atoms with Gasteiger partial charge in [0.1, 0.15) is 0 Å². The average Bonchev–Trinajstić information content (AvgIpc) is 2.59.